The van der Waals surface area contributed by atoms with Crippen LogP contribution in [0.2, 0.25) is 0 Å². The highest BCUT2D eigenvalue weighted by molar-refractivity contribution is 4.89. The molecule has 124 valence electrons. The average Bonchev–Trinajstić information content (AvgIpc) is 3.16. The first kappa shape index (κ1) is 17.3. The van der Waals surface area contributed by atoms with E-state index in [2.05, 4.69) is 46.9 Å². The molecular formula is C20H39N. The number of rotatable bonds is 5. The van der Waals surface area contributed by atoms with Crippen molar-refractivity contribution in [2.75, 3.05) is 6.54 Å². The fourth-order valence-electron chi connectivity index (χ4n) is 3.96. The Hall–Kier alpha value is -0.0400. The lowest BCUT2D eigenvalue weighted by molar-refractivity contribution is 0.0854. The largest absolute Gasteiger partial charge is 0.314 e. The third-order valence-corrected chi connectivity index (χ3v) is 5.88. The first-order valence-electron chi connectivity index (χ1n) is 9.38. The van der Waals surface area contributed by atoms with Gasteiger partial charge in [0.25, 0.3) is 0 Å². The molecule has 0 aromatic heterocycles. The maximum absolute atomic E-state index is 3.81. The van der Waals surface area contributed by atoms with Crippen LogP contribution in [-0.2, 0) is 0 Å². The van der Waals surface area contributed by atoms with Crippen LogP contribution in [0.3, 0.4) is 0 Å². The summed E-state index contributed by atoms with van der Waals surface area (Å²) in [7, 11) is 0. The van der Waals surface area contributed by atoms with E-state index in [0.29, 0.717) is 10.8 Å². The Morgan fingerprint density at radius 2 is 1.52 bits per heavy atom. The van der Waals surface area contributed by atoms with Crippen LogP contribution in [0.25, 0.3) is 0 Å². The molecule has 0 amide bonds. The Bertz CT molecular complexity index is 316. The number of hydrogen-bond donors (Lipinski definition) is 1. The van der Waals surface area contributed by atoms with Crippen LogP contribution in [0.5, 0.6) is 0 Å². The van der Waals surface area contributed by atoms with E-state index in [1.807, 2.05) is 0 Å². The summed E-state index contributed by atoms with van der Waals surface area (Å²) in [6.07, 6.45) is 10.0. The fraction of sp³-hybridized carbons (Fsp3) is 1.00. The molecule has 2 rings (SSSR count). The molecule has 2 fully saturated rings. The predicted molar refractivity (Wildman–Crippen MR) is 93.5 cm³/mol. The Morgan fingerprint density at radius 1 is 0.857 bits per heavy atom. The number of nitrogens with one attached hydrogen (secondary N) is 1. The van der Waals surface area contributed by atoms with Crippen LogP contribution in [0.15, 0.2) is 0 Å². The summed E-state index contributed by atoms with van der Waals surface area (Å²) in [5.41, 5.74) is 0.984. The smallest absolute Gasteiger partial charge is 0.00683 e. The summed E-state index contributed by atoms with van der Waals surface area (Å²) in [5.74, 6) is 2.82. The van der Waals surface area contributed by atoms with Crippen LogP contribution >= 0.6 is 0 Å². The van der Waals surface area contributed by atoms with Crippen molar-refractivity contribution in [2.45, 2.75) is 92.5 Å². The highest BCUT2D eigenvalue weighted by Crippen LogP contribution is 2.45. The summed E-state index contributed by atoms with van der Waals surface area (Å²) >= 11 is 0. The molecule has 21 heavy (non-hydrogen) atoms. The standard InChI is InChI=1S/C20H39N/c1-19(2,3)12-11-15-13-17(20(4,5)6)8-7-16(15)14-21-18-9-10-18/h15-18,21H,7-14H2,1-6H3. The van der Waals surface area contributed by atoms with Crippen LogP contribution in [0.4, 0.5) is 0 Å². The van der Waals surface area contributed by atoms with E-state index in [4.69, 9.17) is 0 Å². The van der Waals surface area contributed by atoms with Crippen molar-refractivity contribution < 1.29 is 0 Å². The third kappa shape index (κ3) is 5.93. The van der Waals surface area contributed by atoms with Gasteiger partial charge in [-0.05, 0) is 80.1 Å². The second-order valence-corrected chi connectivity index (χ2v) is 10.2. The van der Waals surface area contributed by atoms with Crippen LogP contribution in [0.1, 0.15) is 86.5 Å². The molecule has 0 spiro atoms. The molecule has 0 aliphatic heterocycles. The van der Waals surface area contributed by atoms with E-state index >= 15 is 0 Å². The predicted octanol–water partition coefficient (Wildman–Crippen LogP) is 5.64. The molecule has 2 saturated carbocycles. The van der Waals surface area contributed by atoms with Crippen molar-refractivity contribution in [3.63, 3.8) is 0 Å². The summed E-state index contributed by atoms with van der Waals surface area (Å²) in [4.78, 5) is 0. The van der Waals surface area contributed by atoms with Crippen molar-refractivity contribution in [1.82, 2.24) is 5.32 Å². The Kier molecular flexibility index (Phi) is 5.45. The van der Waals surface area contributed by atoms with E-state index in [-0.39, 0.29) is 0 Å². The van der Waals surface area contributed by atoms with Crippen molar-refractivity contribution in [3.8, 4) is 0 Å². The highest BCUT2D eigenvalue weighted by atomic mass is 14.9. The van der Waals surface area contributed by atoms with Crippen molar-refractivity contribution >= 4 is 0 Å². The highest BCUT2D eigenvalue weighted by Gasteiger charge is 2.36. The molecule has 2 aliphatic rings. The number of hydrogen-bond acceptors (Lipinski definition) is 1. The minimum absolute atomic E-state index is 0.489. The summed E-state index contributed by atoms with van der Waals surface area (Å²) < 4.78 is 0. The molecule has 0 bridgehead atoms. The van der Waals surface area contributed by atoms with E-state index < -0.39 is 0 Å². The fourth-order valence-corrected chi connectivity index (χ4v) is 3.96. The molecule has 0 aromatic carbocycles. The first-order valence-corrected chi connectivity index (χ1v) is 9.38. The molecule has 1 N–H and O–H groups in total. The van der Waals surface area contributed by atoms with Gasteiger partial charge in [0, 0.05) is 6.04 Å². The Balaban J connectivity index is 1.91. The van der Waals surface area contributed by atoms with E-state index in [1.54, 1.807) is 0 Å². The zero-order chi connectivity index (χ0) is 15.7. The molecule has 0 heterocycles. The Morgan fingerprint density at radius 3 is 2.05 bits per heavy atom. The van der Waals surface area contributed by atoms with Crippen LogP contribution in [0, 0.1) is 28.6 Å². The van der Waals surface area contributed by atoms with E-state index in [9.17, 15) is 0 Å². The lowest BCUT2D eigenvalue weighted by atomic mass is 9.64. The zero-order valence-electron chi connectivity index (χ0n) is 15.5. The van der Waals surface area contributed by atoms with Gasteiger partial charge in [-0.15, -0.1) is 0 Å². The monoisotopic (exact) mass is 293 g/mol. The molecule has 0 aromatic rings. The lowest BCUT2D eigenvalue weighted by Gasteiger charge is -2.43. The quantitative estimate of drug-likeness (QED) is 0.691. The molecule has 0 radical (unpaired) electrons. The maximum Gasteiger partial charge on any atom is 0.00683 e. The lowest BCUT2D eigenvalue weighted by Crippen LogP contribution is -2.37. The minimum Gasteiger partial charge on any atom is -0.314 e. The topological polar surface area (TPSA) is 12.0 Å². The molecule has 1 heteroatoms. The van der Waals surface area contributed by atoms with E-state index in [1.165, 1.54) is 51.5 Å². The van der Waals surface area contributed by atoms with Gasteiger partial charge in [-0.2, -0.15) is 0 Å². The Labute approximate surface area is 133 Å². The van der Waals surface area contributed by atoms with Crippen LogP contribution in [-0.4, -0.2) is 12.6 Å². The molecule has 0 saturated heterocycles. The van der Waals surface area contributed by atoms with E-state index in [0.717, 1.165) is 23.8 Å². The minimum atomic E-state index is 0.489. The normalized spacial score (nSPS) is 31.4. The van der Waals surface area contributed by atoms with Gasteiger partial charge < -0.3 is 5.32 Å². The average molecular weight is 294 g/mol. The van der Waals surface area contributed by atoms with Gasteiger partial charge in [0.15, 0.2) is 0 Å². The van der Waals surface area contributed by atoms with Crippen molar-refractivity contribution in [3.05, 3.63) is 0 Å². The molecule has 3 atom stereocenters. The second kappa shape index (κ2) is 6.60. The molecule has 2 aliphatic carbocycles. The van der Waals surface area contributed by atoms with Crippen LogP contribution < -0.4 is 5.32 Å². The van der Waals surface area contributed by atoms with Gasteiger partial charge in [-0.1, -0.05) is 41.5 Å². The van der Waals surface area contributed by atoms with Gasteiger partial charge >= 0.3 is 0 Å². The van der Waals surface area contributed by atoms with Crippen molar-refractivity contribution in [1.29, 1.82) is 0 Å². The SMILES string of the molecule is CC(C)(C)CCC1CC(C(C)(C)C)CCC1CNC1CC1. The van der Waals surface area contributed by atoms with Gasteiger partial charge in [0.05, 0.1) is 0 Å². The van der Waals surface area contributed by atoms with Gasteiger partial charge in [-0.3, -0.25) is 0 Å². The molecular weight excluding hydrogens is 254 g/mol. The summed E-state index contributed by atoms with van der Waals surface area (Å²) in [5, 5.41) is 3.81. The van der Waals surface area contributed by atoms with Crippen molar-refractivity contribution in [2.24, 2.45) is 28.6 Å². The third-order valence-electron chi connectivity index (χ3n) is 5.88. The zero-order valence-corrected chi connectivity index (χ0v) is 15.5. The molecule has 1 nitrogen and oxygen atoms in total. The summed E-state index contributed by atoms with van der Waals surface area (Å²) in [6, 6.07) is 0.869. The van der Waals surface area contributed by atoms with Gasteiger partial charge in [0.2, 0.25) is 0 Å². The second-order valence-electron chi connectivity index (χ2n) is 10.2. The maximum atomic E-state index is 3.81. The van der Waals surface area contributed by atoms with Gasteiger partial charge in [-0.25, -0.2) is 0 Å². The summed E-state index contributed by atoms with van der Waals surface area (Å²) in [6.45, 7) is 15.8. The van der Waals surface area contributed by atoms with Gasteiger partial charge in [0.1, 0.15) is 0 Å². The molecule has 3 unspecified atom stereocenters. The first-order chi connectivity index (χ1) is 9.65.